The molecule has 0 aliphatic rings. The third kappa shape index (κ3) is 5.65. The largest absolute Gasteiger partial charge is 0.481 e. The van der Waals surface area contributed by atoms with Crippen molar-refractivity contribution in [3.8, 4) is 0 Å². The maximum atomic E-state index is 12.5. The number of nitrogens with zero attached hydrogens (tertiary/aromatic N) is 1. The van der Waals surface area contributed by atoms with Crippen molar-refractivity contribution in [2.75, 3.05) is 20.1 Å². The summed E-state index contributed by atoms with van der Waals surface area (Å²) in [6.07, 6.45) is -0.134. The molecular formula is C15H22N2O5S. The Bertz CT molecular complexity index is 653. The molecule has 0 atom stereocenters. The lowest BCUT2D eigenvalue weighted by atomic mass is 10.1. The first kappa shape index (κ1) is 19.1. The Morgan fingerprint density at radius 3 is 2.22 bits per heavy atom. The van der Waals surface area contributed by atoms with Crippen LogP contribution in [0.25, 0.3) is 0 Å². The van der Waals surface area contributed by atoms with Crippen molar-refractivity contribution in [1.29, 1.82) is 0 Å². The van der Waals surface area contributed by atoms with Crippen LogP contribution in [-0.2, 0) is 14.8 Å². The molecular weight excluding hydrogens is 320 g/mol. The van der Waals surface area contributed by atoms with E-state index in [9.17, 15) is 18.0 Å². The average molecular weight is 342 g/mol. The summed E-state index contributed by atoms with van der Waals surface area (Å²) in [5.74, 6) is -1.09. The maximum absolute atomic E-state index is 12.5. The van der Waals surface area contributed by atoms with E-state index in [1.165, 1.54) is 36.2 Å². The molecule has 0 unspecified atom stereocenters. The number of hydrogen-bond donors (Lipinski definition) is 2. The molecule has 8 heteroatoms. The number of hydrogen-bond acceptors (Lipinski definition) is 4. The first-order valence-corrected chi connectivity index (χ1v) is 8.70. The molecule has 0 saturated carbocycles. The Kier molecular flexibility index (Phi) is 6.71. The van der Waals surface area contributed by atoms with Crippen LogP contribution < -0.4 is 4.72 Å². The van der Waals surface area contributed by atoms with E-state index in [4.69, 9.17) is 5.11 Å². The average Bonchev–Trinajstić information content (AvgIpc) is 2.50. The van der Waals surface area contributed by atoms with Crippen LogP contribution in [-0.4, -0.2) is 50.4 Å². The molecule has 1 aromatic carbocycles. The number of carboxylic acid groups (broad SMARTS) is 1. The highest BCUT2D eigenvalue weighted by Gasteiger charge is 2.19. The fourth-order valence-corrected chi connectivity index (χ4v) is 2.75. The number of rotatable bonds is 8. The molecule has 0 bridgehead atoms. The molecule has 0 radical (unpaired) electrons. The van der Waals surface area contributed by atoms with Crippen molar-refractivity contribution in [1.82, 2.24) is 9.62 Å². The molecule has 128 valence electrons. The van der Waals surface area contributed by atoms with Crippen molar-refractivity contribution >= 4 is 21.9 Å². The lowest BCUT2D eigenvalue weighted by Crippen LogP contribution is -2.36. The van der Waals surface area contributed by atoms with E-state index in [0.717, 1.165) is 0 Å². The number of carboxylic acids is 1. The van der Waals surface area contributed by atoms with Crippen LogP contribution in [0.5, 0.6) is 0 Å². The quantitative estimate of drug-likeness (QED) is 0.738. The molecule has 23 heavy (non-hydrogen) atoms. The fraction of sp³-hybridized carbons (Fsp3) is 0.467. The highest BCUT2D eigenvalue weighted by atomic mass is 32.2. The minimum Gasteiger partial charge on any atom is -0.481 e. The van der Waals surface area contributed by atoms with E-state index in [1.54, 1.807) is 0 Å². The van der Waals surface area contributed by atoms with Gasteiger partial charge in [0.1, 0.15) is 0 Å². The standard InChI is InChI=1S/C15H22N2O5S/c1-11(2)10-17(9-8-14(18)19)15(20)12-4-6-13(7-5-12)23(21,22)16-3/h4-7,11,16H,8-10H2,1-3H3,(H,18,19). The smallest absolute Gasteiger partial charge is 0.305 e. The summed E-state index contributed by atoms with van der Waals surface area (Å²) in [7, 11) is -2.24. The van der Waals surface area contributed by atoms with Crippen LogP contribution in [0.15, 0.2) is 29.2 Å². The van der Waals surface area contributed by atoms with Gasteiger partial charge in [0.2, 0.25) is 10.0 Å². The van der Waals surface area contributed by atoms with Crippen LogP contribution in [0.3, 0.4) is 0 Å². The topological polar surface area (TPSA) is 104 Å². The van der Waals surface area contributed by atoms with Gasteiger partial charge in [-0.3, -0.25) is 9.59 Å². The number of carbonyl (C=O) groups is 2. The Balaban J connectivity index is 2.97. The van der Waals surface area contributed by atoms with E-state index in [1.807, 2.05) is 13.8 Å². The number of benzene rings is 1. The molecule has 0 aliphatic heterocycles. The van der Waals surface area contributed by atoms with Crippen LogP contribution in [0.4, 0.5) is 0 Å². The predicted molar refractivity (Wildman–Crippen MR) is 85.7 cm³/mol. The van der Waals surface area contributed by atoms with Crippen molar-refractivity contribution in [2.24, 2.45) is 5.92 Å². The summed E-state index contributed by atoms with van der Waals surface area (Å²) in [5, 5.41) is 8.79. The molecule has 0 fully saturated rings. The minimum atomic E-state index is -3.55. The van der Waals surface area contributed by atoms with Crippen LogP contribution in [0, 0.1) is 5.92 Å². The van der Waals surface area contributed by atoms with Crippen molar-refractivity contribution in [3.05, 3.63) is 29.8 Å². The van der Waals surface area contributed by atoms with Gasteiger partial charge in [0, 0.05) is 18.7 Å². The molecule has 7 nitrogen and oxygen atoms in total. The highest BCUT2D eigenvalue weighted by molar-refractivity contribution is 7.89. The molecule has 0 aromatic heterocycles. The van der Waals surface area contributed by atoms with Crippen LogP contribution in [0.2, 0.25) is 0 Å². The van der Waals surface area contributed by atoms with Gasteiger partial charge in [0.15, 0.2) is 0 Å². The zero-order valence-electron chi connectivity index (χ0n) is 13.4. The van der Waals surface area contributed by atoms with Gasteiger partial charge in [0.05, 0.1) is 11.3 Å². The maximum Gasteiger partial charge on any atom is 0.305 e. The molecule has 0 saturated heterocycles. The molecule has 1 rings (SSSR count). The second-order valence-corrected chi connectivity index (χ2v) is 7.41. The number of amides is 1. The summed E-state index contributed by atoms with van der Waals surface area (Å²) in [6, 6.07) is 5.56. The molecule has 0 spiro atoms. The van der Waals surface area contributed by atoms with Crippen molar-refractivity contribution < 1.29 is 23.1 Å². The lowest BCUT2D eigenvalue weighted by Gasteiger charge is -2.24. The molecule has 1 aromatic rings. The van der Waals surface area contributed by atoms with Gasteiger partial charge in [-0.2, -0.15) is 0 Å². The summed E-state index contributed by atoms with van der Waals surface area (Å²) in [5.41, 5.74) is 0.325. The predicted octanol–water partition coefficient (Wildman–Crippen LogP) is 1.17. The number of sulfonamides is 1. The number of aliphatic carboxylic acids is 1. The summed E-state index contributed by atoms with van der Waals surface area (Å²) in [4.78, 5) is 24.8. The Morgan fingerprint density at radius 1 is 1.22 bits per heavy atom. The second-order valence-electron chi connectivity index (χ2n) is 5.52. The second kappa shape index (κ2) is 8.07. The molecule has 0 aliphatic carbocycles. The van der Waals surface area contributed by atoms with E-state index < -0.39 is 16.0 Å². The Morgan fingerprint density at radius 2 is 1.78 bits per heavy atom. The van der Waals surface area contributed by atoms with Gasteiger partial charge in [-0.05, 0) is 37.2 Å². The van der Waals surface area contributed by atoms with Gasteiger partial charge < -0.3 is 10.0 Å². The molecule has 2 N–H and O–H groups in total. The molecule has 0 heterocycles. The summed E-state index contributed by atoms with van der Waals surface area (Å²) in [6.45, 7) is 4.42. The van der Waals surface area contributed by atoms with Crippen molar-refractivity contribution in [2.45, 2.75) is 25.2 Å². The Labute approximate surface area is 136 Å². The third-order valence-corrected chi connectivity index (χ3v) is 4.58. The van der Waals surface area contributed by atoms with Crippen molar-refractivity contribution in [3.63, 3.8) is 0 Å². The van der Waals surface area contributed by atoms with E-state index in [0.29, 0.717) is 12.1 Å². The van der Waals surface area contributed by atoms with Gasteiger partial charge >= 0.3 is 5.97 Å². The van der Waals surface area contributed by atoms with Gasteiger partial charge in [0.25, 0.3) is 5.91 Å². The first-order chi connectivity index (χ1) is 10.7. The number of carbonyl (C=O) groups excluding carboxylic acids is 1. The SMILES string of the molecule is CNS(=O)(=O)c1ccc(C(=O)N(CCC(=O)O)CC(C)C)cc1. The van der Waals surface area contributed by atoms with Gasteiger partial charge in [-0.1, -0.05) is 13.8 Å². The van der Waals surface area contributed by atoms with Gasteiger partial charge in [-0.25, -0.2) is 13.1 Å². The van der Waals surface area contributed by atoms with Crippen LogP contribution in [0.1, 0.15) is 30.6 Å². The monoisotopic (exact) mass is 342 g/mol. The zero-order valence-corrected chi connectivity index (χ0v) is 14.3. The Hall–Kier alpha value is -1.93. The summed E-state index contributed by atoms with van der Waals surface area (Å²) >= 11 is 0. The fourth-order valence-electron chi connectivity index (χ4n) is 2.02. The zero-order chi connectivity index (χ0) is 17.6. The van der Waals surface area contributed by atoms with Gasteiger partial charge in [-0.15, -0.1) is 0 Å². The highest BCUT2D eigenvalue weighted by Crippen LogP contribution is 2.13. The third-order valence-electron chi connectivity index (χ3n) is 3.15. The van der Waals surface area contributed by atoms with Crippen LogP contribution >= 0.6 is 0 Å². The normalized spacial score (nSPS) is 11.5. The van der Waals surface area contributed by atoms with E-state index in [-0.39, 0.29) is 29.7 Å². The van der Waals surface area contributed by atoms with E-state index >= 15 is 0 Å². The lowest BCUT2D eigenvalue weighted by molar-refractivity contribution is -0.137. The number of nitrogens with one attached hydrogen (secondary N) is 1. The molecule has 1 amide bonds. The first-order valence-electron chi connectivity index (χ1n) is 7.22. The summed E-state index contributed by atoms with van der Waals surface area (Å²) < 4.78 is 25.5. The minimum absolute atomic E-state index is 0.0671. The van der Waals surface area contributed by atoms with E-state index in [2.05, 4.69) is 4.72 Å².